The van der Waals surface area contributed by atoms with Crippen molar-refractivity contribution in [1.29, 1.82) is 0 Å². The molecular weight excluding hydrogens is 435 g/mol. The Hall–Kier alpha value is -3.24. The van der Waals surface area contributed by atoms with Crippen LogP contribution in [-0.2, 0) is 10.9 Å². The van der Waals surface area contributed by atoms with Gasteiger partial charge in [-0.1, -0.05) is 30.3 Å². The van der Waals surface area contributed by atoms with Gasteiger partial charge in [-0.2, -0.15) is 17.9 Å². The molecule has 1 N–H and O–H groups in total. The smallest absolute Gasteiger partial charge is 0.453 e. The van der Waals surface area contributed by atoms with E-state index in [-0.39, 0.29) is 11.7 Å². The van der Waals surface area contributed by atoms with Crippen LogP contribution in [0.3, 0.4) is 0 Å². The SMILES string of the molecule is COc1ccc(-n2nnnc2C(F)(F)F)cc1C1=CC2(CCCN[C@H]2c2ccccc2)OC1. The van der Waals surface area contributed by atoms with Gasteiger partial charge in [-0.15, -0.1) is 5.10 Å². The molecule has 2 atom stereocenters. The number of hydrogen-bond acceptors (Lipinski definition) is 6. The normalized spacial score (nSPS) is 23.0. The predicted molar refractivity (Wildman–Crippen MR) is 114 cm³/mol. The van der Waals surface area contributed by atoms with E-state index >= 15 is 0 Å². The van der Waals surface area contributed by atoms with Gasteiger partial charge in [0.05, 0.1) is 25.4 Å². The van der Waals surface area contributed by atoms with Crippen LogP contribution in [0.4, 0.5) is 13.2 Å². The number of piperidine rings is 1. The summed E-state index contributed by atoms with van der Waals surface area (Å²) in [5.41, 5.74) is 2.25. The zero-order valence-corrected chi connectivity index (χ0v) is 17.8. The lowest BCUT2D eigenvalue weighted by Gasteiger charge is -2.40. The van der Waals surface area contributed by atoms with Gasteiger partial charge in [-0.25, -0.2) is 0 Å². The Bertz CT molecular complexity index is 1180. The molecule has 2 aromatic carbocycles. The van der Waals surface area contributed by atoms with Crippen molar-refractivity contribution in [2.24, 2.45) is 0 Å². The van der Waals surface area contributed by atoms with Gasteiger partial charge in [-0.3, -0.25) is 0 Å². The molecule has 1 saturated heterocycles. The van der Waals surface area contributed by atoms with Crippen LogP contribution < -0.4 is 10.1 Å². The van der Waals surface area contributed by atoms with Crippen molar-refractivity contribution >= 4 is 5.57 Å². The van der Waals surface area contributed by atoms with E-state index in [1.54, 1.807) is 12.1 Å². The summed E-state index contributed by atoms with van der Waals surface area (Å²) in [5, 5.41) is 13.5. The number of ether oxygens (including phenoxy) is 2. The molecule has 172 valence electrons. The molecular formula is C23H22F3N5O2. The Morgan fingerprint density at radius 3 is 2.76 bits per heavy atom. The summed E-state index contributed by atoms with van der Waals surface area (Å²) in [4.78, 5) is 0. The van der Waals surface area contributed by atoms with Gasteiger partial charge in [-0.05, 0) is 65.2 Å². The molecule has 7 nitrogen and oxygen atoms in total. The molecule has 0 amide bonds. The van der Waals surface area contributed by atoms with E-state index in [4.69, 9.17) is 9.47 Å². The fourth-order valence-corrected chi connectivity index (χ4v) is 4.65. The van der Waals surface area contributed by atoms with Gasteiger partial charge in [0.2, 0.25) is 0 Å². The average molecular weight is 457 g/mol. The highest BCUT2D eigenvalue weighted by molar-refractivity contribution is 5.75. The molecule has 2 aliphatic rings. The van der Waals surface area contributed by atoms with E-state index in [2.05, 4.69) is 39.1 Å². The first kappa shape index (κ1) is 21.6. The molecule has 1 unspecified atom stereocenters. The highest BCUT2D eigenvalue weighted by Gasteiger charge is 2.45. The topological polar surface area (TPSA) is 74.1 Å². The number of tetrazole rings is 1. The lowest BCUT2D eigenvalue weighted by Crippen LogP contribution is -2.47. The van der Waals surface area contributed by atoms with Crippen molar-refractivity contribution in [3.8, 4) is 11.4 Å². The Morgan fingerprint density at radius 1 is 1.18 bits per heavy atom. The quantitative estimate of drug-likeness (QED) is 0.639. The van der Waals surface area contributed by atoms with Crippen molar-refractivity contribution in [1.82, 2.24) is 25.5 Å². The Morgan fingerprint density at radius 2 is 2.00 bits per heavy atom. The molecule has 0 saturated carbocycles. The number of methoxy groups -OCH3 is 1. The molecule has 33 heavy (non-hydrogen) atoms. The van der Waals surface area contributed by atoms with Crippen LogP contribution in [0, 0.1) is 0 Å². The lowest BCUT2D eigenvalue weighted by atomic mass is 9.81. The number of alkyl halides is 3. The number of nitrogens with one attached hydrogen (secondary N) is 1. The van der Waals surface area contributed by atoms with Gasteiger partial charge in [0.15, 0.2) is 0 Å². The Labute approximate surface area is 188 Å². The fraction of sp³-hybridized carbons (Fsp3) is 0.348. The largest absolute Gasteiger partial charge is 0.496 e. The molecule has 1 fully saturated rings. The monoisotopic (exact) mass is 457 g/mol. The van der Waals surface area contributed by atoms with Gasteiger partial charge in [0, 0.05) is 5.56 Å². The van der Waals surface area contributed by atoms with Crippen molar-refractivity contribution in [3.63, 3.8) is 0 Å². The van der Waals surface area contributed by atoms with Crippen LogP contribution >= 0.6 is 0 Å². The number of benzene rings is 2. The van der Waals surface area contributed by atoms with Gasteiger partial charge >= 0.3 is 6.18 Å². The highest BCUT2D eigenvalue weighted by atomic mass is 19.4. The maximum atomic E-state index is 13.3. The average Bonchev–Trinajstić information content (AvgIpc) is 3.48. The van der Waals surface area contributed by atoms with Gasteiger partial charge in [0.1, 0.15) is 11.4 Å². The van der Waals surface area contributed by atoms with Crippen LogP contribution in [0.25, 0.3) is 11.3 Å². The van der Waals surface area contributed by atoms with E-state index in [1.165, 1.54) is 13.2 Å². The molecule has 5 rings (SSSR count). The first-order valence-electron chi connectivity index (χ1n) is 10.6. The van der Waals surface area contributed by atoms with E-state index in [1.807, 2.05) is 18.2 Å². The van der Waals surface area contributed by atoms with Crippen LogP contribution in [0.5, 0.6) is 5.75 Å². The lowest BCUT2D eigenvalue weighted by molar-refractivity contribution is -0.146. The Kier molecular flexibility index (Phi) is 5.41. The zero-order valence-electron chi connectivity index (χ0n) is 17.8. The highest BCUT2D eigenvalue weighted by Crippen LogP contribution is 2.45. The van der Waals surface area contributed by atoms with Crippen LogP contribution in [0.2, 0.25) is 0 Å². The number of hydrogen-bond donors (Lipinski definition) is 1. The summed E-state index contributed by atoms with van der Waals surface area (Å²) in [6.07, 6.45) is -0.817. The van der Waals surface area contributed by atoms with Crippen molar-refractivity contribution in [2.75, 3.05) is 20.3 Å². The molecule has 1 spiro atoms. The molecule has 0 bridgehead atoms. The summed E-state index contributed by atoms with van der Waals surface area (Å²) >= 11 is 0. The summed E-state index contributed by atoms with van der Waals surface area (Å²) in [5.74, 6) is -0.653. The minimum Gasteiger partial charge on any atom is -0.496 e. The third kappa shape index (κ3) is 3.89. The van der Waals surface area contributed by atoms with Crippen molar-refractivity contribution in [3.05, 3.63) is 71.6 Å². The molecule has 3 aromatic rings. The van der Waals surface area contributed by atoms with Crippen LogP contribution in [-0.4, -0.2) is 46.1 Å². The van der Waals surface area contributed by atoms with Crippen molar-refractivity contribution in [2.45, 2.75) is 30.7 Å². The first-order chi connectivity index (χ1) is 15.9. The summed E-state index contributed by atoms with van der Waals surface area (Å²) in [6, 6.07) is 14.8. The second-order valence-corrected chi connectivity index (χ2v) is 8.11. The third-order valence-electron chi connectivity index (χ3n) is 6.13. The minimum absolute atomic E-state index is 0.0320. The molecule has 1 aromatic heterocycles. The molecule has 3 heterocycles. The summed E-state index contributed by atoms with van der Waals surface area (Å²) in [6.45, 7) is 1.19. The summed E-state index contributed by atoms with van der Waals surface area (Å²) < 4.78 is 52.6. The standard InChI is InChI=1S/C23H22F3N5O2/c1-32-19-9-8-17(31-21(23(24,25)26)28-29-30-31)12-18(19)16-13-22(33-14-16)10-5-11-27-20(22)15-6-3-2-4-7-15/h2-4,6-9,12-13,20,27H,5,10-11,14H2,1H3/t20-,22?/m0/s1. The second-order valence-electron chi connectivity index (χ2n) is 8.11. The number of aromatic nitrogens is 4. The molecule has 10 heteroatoms. The maximum absolute atomic E-state index is 13.3. The molecule has 0 radical (unpaired) electrons. The second kappa shape index (κ2) is 8.27. The van der Waals surface area contributed by atoms with Gasteiger partial charge in [0.25, 0.3) is 5.82 Å². The first-order valence-corrected chi connectivity index (χ1v) is 10.6. The maximum Gasteiger partial charge on any atom is 0.453 e. The fourth-order valence-electron chi connectivity index (χ4n) is 4.65. The molecule has 0 aliphatic carbocycles. The van der Waals surface area contributed by atoms with Crippen molar-refractivity contribution < 1.29 is 22.6 Å². The van der Waals surface area contributed by atoms with Gasteiger partial charge < -0.3 is 14.8 Å². The van der Waals surface area contributed by atoms with E-state index in [9.17, 15) is 13.2 Å². The predicted octanol–water partition coefficient (Wildman–Crippen LogP) is 3.97. The number of nitrogens with zero attached hydrogens (tertiary/aromatic N) is 4. The van der Waals surface area contributed by atoms with E-state index in [0.29, 0.717) is 22.6 Å². The number of rotatable bonds is 4. The summed E-state index contributed by atoms with van der Waals surface area (Å²) in [7, 11) is 1.53. The number of halogens is 3. The zero-order chi connectivity index (χ0) is 23.1. The van der Waals surface area contributed by atoms with Crippen LogP contribution in [0.1, 0.15) is 35.8 Å². The minimum atomic E-state index is -4.68. The van der Waals surface area contributed by atoms with Crippen LogP contribution in [0.15, 0.2) is 54.6 Å². The van der Waals surface area contributed by atoms with E-state index in [0.717, 1.165) is 30.5 Å². The molecule has 2 aliphatic heterocycles. The third-order valence-corrected chi connectivity index (χ3v) is 6.13. The van der Waals surface area contributed by atoms with E-state index < -0.39 is 17.6 Å². The Balaban J connectivity index is 1.56.